The quantitative estimate of drug-likeness (QED) is 0.575. The fourth-order valence-corrected chi connectivity index (χ4v) is 1.67. The summed E-state index contributed by atoms with van der Waals surface area (Å²) in [5.41, 5.74) is 2.12. The molecule has 1 aliphatic heterocycles. The highest BCUT2D eigenvalue weighted by Gasteiger charge is 2.26. The molecule has 1 aliphatic rings. The molecule has 4 nitrogen and oxygen atoms in total. The van der Waals surface area contributed by atoms with E-state index in [-0.39, 0.29) is 16.7 Å². The highest BCUT2D eigenvalue weighted by Crippen LogP contribution is 2.31. The Morgan fingerprint density at radius 3 is 2.79 bits per heavy atom. The van der Waals surface area contributed by atoms with Crippen LogP contribution in [0.3, 0.4) is 0 Å². The number of aryl methyl sites for hydroxylation is 1. The number of nitro groups is 1. The van der Waals surface area contributed by atoms with Gasteiger partial charge in [-0.1, -0.05) is 11.6 Å². The number of rotatable bonds is 2. The summed E-state index contributed by atoms with van der Waals surface area (Å²) < 4.78 is 0. The second-order valence-electron chi connectivity index (χ2n) is 3.61. The van der Waals surface area contributed by atoms with E-state index in [0.29, 0.717) is 0 Å². The van der Waals surface area contributed by atoms with E-state index in [1.165, 1.54) is 0 Å². The predicted molar refractivity (Wildman–Crippen MR) is 53.2 cm³/mol. The van der Waals surface area contributed by atoms with E-state index < -0.39 is 0 Å². The molecule has 1 N–H and O–H groups in total. The van der Waals surface area contributed by atoms with Crippen LogP contribution in [-0.2, 0) is 0 Å². The third-order valence-electron chi connectivity index (χ3n) is 2.58. The minimum absolute atomic E-state index is 0.176. The average Bonchev–Trinajstić information content (AvgIpc) is 2.00. The number of nitro benzene ring substituents is 1. The molecule has 1 aromatic carbocycles. The van der Waals surface area contributed by atoms with Crippen LogP contribution in [0.25, 0.3) is 0 Å². The molecule has 14 heavy (non-hydrogen) atoms. The summed E-state index contributed by atoms with van der Waals surface area (Å²) in [7, 11) is 0. The van der Waals surface area contributed by atoms with Crippen LogP contribution in [0.4, 0.5) is 5.69 Å². The van der Waals surface area contributed by atoms with Crippen LogP contribution in [0.5, 0.6) is 0 Å². The first kappa shape index (κ1) is 9.15. The van der Waals surface area contributed by atoms with Crippen molar-refractivity contribution in [2.75, 3.05) is 6.54 Å². The van der Waals surface area contributed by atoms with Crippen LogP contribution in [0.2, 0.25) is 0 Å². The number of nitrogens with zero attached hydrogens (tertiary/aromatic N) is 1. The van der Waals surface area contributed by atoms with E-state index in [0.717, 1.165) is 24.1 Å². The van der Waals surface area contributed by atoms with Crippen molar-refractivity contribution in [3.63, 3.8) is 0 Å². The normalized spacial score (nSPS) is 20.2. The molecule has 4 heteroatoms. The highest BCUT2D eigenvalue weighted by atomic mass is 16.6. The molecule has 0 radical (unpaired) electrons. The molecule has 1 atom stereocenters. The van der Waals surface area contributed by atoms with Gasteiger partial charge in [0.1, 0.15) is 0 Å². The lowest BCUT2D eigenvalue weighted by atomic mass is 9.95. The van der Waals surface area contributed by atoms with E-state index >= 15 is 0 Å². The van der Waals surface area contributed by atoms with Crippen molar-refractivity contribution >= 4 is 5.69 Å². The van der Waals surface area contributed by atoms with Crippen molar-refractivity contribution in [2.45, 2.75) is 19.4 Å². The Balaban J connectivity index is 2.42. The van der Waals surface area contributed by atoms with E-state index in [9.17, 15) is 10.1 Å². The van der Waals surface area contributed by atoms with Crippen LogP contribution in [-0.4, -0.2) is 11.5 Å². The van der Waals surface area contributed by atoms with Crippen LogP contribution >= 0.6 is 0 Å². The zero-order valence-corrected chi connectivity index (χ0v) is 7.99. The Morgan fingerprint density at radius 1 is 1.57 bits per heavy atom. The zero-order valence-electron chi connectivity index (χ0n) is 7.99. The maximum Gasteiger partial charge on any atom is 0.274 e. The molecular weight excluding hydrogens is 180 g/mol. The molecule has 1 fully saturated rings. The lowest BCUT2D eigenvalue weighted by Gasteiger charge is -2.27. The third-order valence-corrected chi connectivity index (χ3v) is 2.58. The van der Waals surface area contributed by atoms with E-state index in [1.54, 1.807) is 12.1 Å². The molecule has 0 bridgehead atoms. The van der Waals surface area contributed by atoms with Gasteiger partial charge in [0.2, 0.25) is 0 Å². The molecule has 0 saturated carbocycles. The Hall–Kier alpha value is -1.42. The van der Waals surface area contributed by atoms with Crippen LogP contribution in [0, 0.1) is 17.0 Å². The van der Waals surface area contributed by atoms with Crippen molar-refractivity contribution in [1.82, 2.24) is 5.32 Å². The molecule has 1 saturated heterocycles. The maximum absolute atomic E-state index is 10.8. The first-order valence-corrected chi connectivity index (χ1v) is 4.67. The lowest BCUT2D eigenvalue weighted by Crippen LogP contribution is -2.35. The molecule has 0 aromatic heterocycles. The average molecular weight is 192 g/mol. The first-order chi connectivity index (χ1) is 6.68. The number of hydrogen-bond acceptors (Lipinski definition) is 3. The Kier molecular flexibility index (Phi) is 2.21. The van der Waals surface area contributed by atoms with E-state index in [1.807, 2.05) is 13.0 Å². The summed E-state index contributed by atoms with van der Waals surface area (Å²) in [6.45, 7) is 2.90. The fourth-order valence-electron chi connectivity index (χ4n) is 1.67. The van der Waals surface area contributed by atoms with Gasteiger partial charge in [-0.3, -0.25) is 10.1 Å². The molecule has 2 rings (SSSR count). The zero-order chi connectivity index (χ0) is 10.1. The molecule has 74 valence electrons. The topological polar surface area (TPSA) is 55.2 Å². The van der Waals surface area contributed by atoms with E-state index in [2.05, 4.69) is 5.32 Å². The molecular formula is C10H12N2O2. The van der Waals surface area contributed by atoms with Gasteiger partial charge in [0.25, 0.3) is 5.69 Å². The second-order valence-corrected chi connectivity index (χ2v) is 3.61. The number of nitrogens with one attached hydrogen (secondary N) is 1. The standard InChI is InChI=1S/C10H12N2O2/c1-7-2-3-10(12(13)14)8(6-7)9-4-5-11-9/h2-3,6,9,11H,4-5H2,1H3/t9-/m0/s1. The largest absolute Gasteiger partial charge is 0.310 e. The summed E-state index contributed by atoms with van der Waals surface area (Å²) in [4.78, 5) is 10.4. The number of hydrogen-bond donors (Lipinski definition) is 1. The Bertz CT molecular complexity index is 372. The maximum atomic E-state index is 10.8. The van der Waals surface area contributed by atoms with Gasteiger partial charge >= 0.3 is 0 Å². The highest BCUT2D eigenvalue weighted by molar-refractivity contribution is 5.45. The van der Waals surface area contributed by atoms with Gasteiger partial charge in [-0.15, -0.1) is 0 Å². The fraction of sp³-hybridized carbons (Fsp3) is 0.400. The van der Waals surface area contributed by atoms with Gasteiger partial charge in [0, 0.05) is 17.7 Å². The van der Waals surface area contributed by atoms with Gasteiger partial charge in [-0.2, -0.15) is 0 Å². The van der Waals surface area contributed by atoms with Crippen LogP contribution < -0.4 is 5.32 Å². The van der Waals surface area contributed by atoms with Gasteiger partial charge in [-0.05, 0) is 26.0 Å². The Labute approximate surface area is 82.1 Å². The molecule has 0 amide bonds. The summed E-state index contributed by atoms with van der Waals surface area (Å²) in [5, 5.41) is 13.9. The van der Waals surface area contributed by atoms with Crippen LogP contribution in [0.1, 0.15) is 23.6 Å². The summed E-state index contributed by atoms with van der Waals surface area (Å²) in [6.07, 6.45) is 0.990. The van der Waals surface area contributed by atoms with Gasteiger partial charge in [0.15, 0.2) is 0 Å². The van der Waals surface area contributed by atoms with Crippen LogP contribution in [0.15, 0.2) is 18.2 Å². The van der Waals surface area contributed by atoms with E-state index in [4.69, 9.17) is 0 Å². The first-order valence-electron chi connectivity index (χ1n) is 4.67. The molecule has 1 aromatic rings. The second kappa shape index (κ2) is 3.38. The van der Waals surface area contributed by atoms with Crippen molar-refractivity contribution in [3.05, 3.63) is 39.4 Å². The Morgan fingerprint density at radius 2 is 2.29 bits per heavy atom. The van der Waals surface area contributed by atoms with Crippen molar-refractivity contribution < 1.29 is 4.92 Å². The minimum Gasteiger partial charge on any atom is -0.310 e. The molecule has 1 heterocycles. The summed E-state index contributed by atoms with van der Waals surface area (Å²) in [6, 6.07) is 5.44. The van der Waals surface area contributed by atoms with Crippen molar-refractivity contribution in [1.29, 1.82) is 0 Å². The van der Waals surface area contributed by atoms with Crippen molar-refractivity contribution in [2.24, 2.45) is 0 Å². The monoisotopic (exact) mass is 192 g/mol. The van der Waals surface area contributed by atoms with Crippen molar-refractivity contribution in [3.8, 4) is 0 Å². The summed E-state index contributed by atoms with van der Waals surface area (Å²) in [5.74, 6) is 0. The molecule has 0 spiro atoms. The van der Waals surface area contributed by atoms with Gasteiger partial charge in [0.05, 0.1) is 4.92 Å². The number of benzene rings is 1. The predicted octanol–water partition coefficient (Wildman–Crippen LogP) is 1.94. The van der Waals surface area contributed by atoms with Gasteiger partial charge < -0.3 is 5.32 Å². The molecule has 0 aliphatic carbocycles. The SMILES string of the molecule is Cc1ccc([N+](=O)[O-])c([C@@H]2CCN2)c1. The molecule has 0 unspecified atom stereocenters. The third kappa shape index (κ3) is 1.48. The van der Waals surface area contributed by atoms with Gasteiger partial charge in [-0.25, -0.2) is 0 Å². The summed E-state index contributed by atoms with van der Waals surface area (Å²) >= 11 is 0. The minimum atomic E-state index is -0.311. The lowest BCUT2D eigenvalue weighted by molar-refractivity contribution is -0.385. The smallest absolute Gasteiger partial charge is 0.274 e.